The Morgan fingerprint density at radius 2 is 2.00 bits per heavy atom. The summed E-state index contributed by atoms with van der Waals surface area (Å²) < 4.78 is 25.7. The van der Waals surface area contributed by atoms with E-state index in [0.29, 0.717) is 12.1 Å². The lowest BCUT2D eigenvalue weighted by molar-refractivity contribution is -0.387. The fourth-order valence-electron chi connectivity index (χ4n) is 1.03. The summed E-state index contributed by atoms with van der Waals surface area (Å²) in [6.45, 7) is 0. The highest BCUT2D eigenvalue weighted by molar-refractivity contribution is 5.74. The van der Waals surface area contributed by atoms with Gasteiger partial charge >= 0.3 is 11.7 Å². The van der Waals surface area contributed by atoms with Gasteiger partial charge in [-0.05, 0) is 6.07 Å². The van der Waals surface area contributed by atoms with Crippen molar-refractivity contribution in [2.45, 2.75) is 6.10 Å². The Hall–Kier alpha value is -2.09. The van der Waals surface area contributed by atoms with E-state index in [2.05, 4.69) is 0 Å². The number of rotatable bonds is 3. The van der Waals surface area contributed by atoms with E-state index in [1.165, 1.54) is 0 Å². The van der Waals surface area contributed by atoms with Crippen molar-refractivity contribution >= 4 is 11.7 Å². The molecule has 86 valence electrons. The highest BCUT2D eigenvalue weighted by atomic mass is 19.2. The van der Waals surface area contributed by atoms with Crippen molar-refractivity contribution in [3.8, 4) is 0 Å². The summed E-state index contributed by atoms with van der Waals surface area (Å²) >= 11 is 0. The molecular weight excluding hydrogens is 228 g/mol. The second-order valence-electron chi connectivity index (χ2n) is 2.83. The Balaban J connectivity index is 3.34. The molecule has 0 aliphatic rings. The second-order valence-corrected chi connectivity index (χ2v) is 2.83. The van der Waals surface area contributed by atoms with Gasteiger partial charge in [0.1, 0.15) is 0 Å². The van der Waals surface area contributed by atoms with Gasteiger partial charge in [0.25, 0.3) is 0 Å². The largest absolute Gasteiger partial charge is 0.479 e. The quantitative estimate of drug-likeness (QED) is 0.598. The van der Waals surface area contributed by atoms with Crippen LogP contribution >= 0.6 is 0 Å². The van der Waals surface area contributed by atoms with Crippen molar-refractivity contribution in [2.75, 3.05) is 0 Å². The van der Waals surface area contributed by atoms with Gasteiger partial charge in [0.2, 0.25) is 5.82 Å². The number of aliphatic hydroxyl groups is 1. The van der Waals surface area contributed by atoms with Gasteiger partial charge in [-0.1, -0.05) is 0 Å². The summed E-state index contributed by atoms with van der Waals surface area (Å²) in [5, 5.41) is 27.7. The number of aliphatic hydroxyl groups excluding tert-OH is 1. The first-order chi connectivity index (χ1) is 7.34. The van der Waals surface area contributed by atoms with Gasteiger partial charge in [-0.15, -0.1) is 0 Å². The summed E-state index contributed by atoms with van der Waals surface area (Å²) in [5.41, 5.74) is -1.83. The minimum Gasteiger partial charge on any atom is -0.479 e. The monoisotopic (exact) mass is 233 g/mol. The van der Waals surface area contributed by atoms with Crippen molar-refractivity contribution in [1.29, 1.82) is 0 Å². The van der Waals surface area contributed by atoms with Crippen LogP contribution in [0, 0.1) is 21.7 Å². The summed E-state index contributed by atoms with van der Waals surface area (Å²) in [5.74, 6) is -5.02. The molecule has 2 N–H and O–H groups in total. The summed E-state index contributed by atoms with van der Waals surface area (Å²) in [4.78, 5) is 19.4. The fraction of sp³-hybridized carbons (Fsp3) is 0.125. The van der Waals surface area contributed by atoms with E-state index < -0.39 is 39.9 Å². The van der Waals surface area contributed by atoms with Crippen molar-refractivity contribution in [1.82, 2.24) is 0 Å². The van der Waals surface area contributed by atoms with Gasteiger partial charge in [-0.25, -0.2) is 9.18 Å². The number of carboxylic acid groups (broad SMARTS) is 1. The molecule has 1 atom stereocenters. The average Bonchev–Trinajstić information content (AvgIpc) is 2.20. The van der Waals surface area contributed by atoms with Crippen LogP contribution in [0.5, 0.6) is 0 Å². The zero-order chi connectivity index (χ0) is 12.5. The van der Waals surface area contributed by atoms with E-state index in [9.17, 15) is 23.7 Å². The van der Waals surface area contributed by atoms with Crippen LogP contribution in [0.15, 0.2) is 12.1 Å². The minimum absolute atomic E-state index is 0.390. The Kier molecular flexibility index (Phi) is 3.14. The van der Waals surface area contributed by atoms with E-state index in [-0.39, 0.29) is 0 Å². The number of carboxylic acids is 1. The standard InChI is InChI=1S/C8H5F2NO5/c9-4-1-3(7(12)8(13)14)2-5(6(4)10)11(15)16/h1-2,7,12H,(H,13,14)/t7-/m1/s1. The molecule has 1 aromatic carbocycles. The van der Waals surface area contributed by atoms with Crippen molar-refractivity contribution in [3.05, 3.63) is 39.4 Å². The molecule has 0 fully saturated rings. The molecule has 0 saturated carbocycles. The lowest BCUT2D eigenvalue weighted by atomic mass is 10.1. The zero-order valence-electron chi connectivity index (χ0n) is 7.55. The molecule has 1 aromatic rings. The van der Waals surface area contributed by atoms with E-state index >= 15 is 0 Å². The van der Waals surface area contributed by atoms with Gasteiger partial charge < -0.3 is 10.2 Å². The number of carbonyl (C=O) groups is 1. The molecule has 0 radical (unpaired) electrons. The smallest absolute Gasteiger partial charge is 0.337 e. The normalized spacial score (nSPS) is 12.2. The maximum absolute atomic E-state index is 12.9. The molecule has 0 aliphatic carbocycles. The Morgan fingerprint density at radius 3 is 2.44 bits per heavy atom. The highest BCUT2D eigenvalue weighted by Crippen LogP contribution is 2.25. The van der Waals surface area contributed by atoms with Crippen LogP contribution in [-0.4, -0.2) is 21.1 Å². The van der Waals surface area contributed by atoms with Crippen LogP contribution in [0.4, 0.5) is 14.5 Å². The molecule has 0 heterocycles. The lowest BCUT2D eigenvalue weighted by Crippen LogP contribution is -2.11. The van der Waals surface area contributed by atoms with Crippen LogP contribution in [-0.2, 0) is 4.79 Å². The Labute approximate surface area is 86.9 Å². The van der Waals surface area contributed by atoms with Crippen LogP contribution in [0.3, 0.4) is 0 Å². The third-order valence-electron chi connectivity index (χ3n) is 1.78. The Morgan fingerprint density at radius 1 is 1.44 bits per heavy atom. The SMILES string of the molecule is O=C(O)[C@H](O)c1cc(F)c(F)c([N+](=O)[O-])c1. The predicted octanol–water partition coefficient (Wildman–Crippen LogP) is 0.991. The van der Waals surface area contributed by atoms with Crippen LogP contribution in [0.2, 0.25) is 0 Å². The molecule has 0 saturated heterocycles. The molecular formula is C8H5F2NO5. The topological polar surface area (TPSA) is 101 Å². The number of aliphatic carboxylic acids is 1. The first-order valence-electron chi connectivity index (χ1n) is 3.88. The van der Waals surface area contributed by atoms with Gasteiger partial charge in [0, 0.05) is 11.6 Å². The third kappa shape index (κ3) is 2.11. The van der Waals surface area contributed by atoms with Gasteiger partial charge in [0.15, 0.2) is 11.9 Å². The fourth-order valence-corrected chi connectivity index (χ4v) is 1.03. The van der Waals surface area contributed by atoms with Crippen LogP contribution in [0.25, 0.3) is 0 Å². The van der Waals surface area contributed by atoms with E-state index in [4.69, 9.17) is 10.2 Å². The summed E-state index contributed by atoms with van der Waals surface area (Å²) in [6.07, 6.45) is -2.14. The molecule has 16 heavy (non-hydrogen) atoms. The molecule has 6 nitrogen and oxygen atoms in total. The number of nitro benzene ring substituents is 1. The molecule has 0 unspecified atom stereocenters. The van der Waals surface area contributed by atoms with E-state index in [1.54, 1.807) is 0 Å². The lowest BCUT2D eigenvalue weighted by Gasteiger charge is -2.06. The van der Waals surface area contributed by atoms with E-state index in [0.717, 1.165) is 0 Å². The first-order valence-corrected chi connectivity index (χ1v) is 3.88. The van der Waals surface area contributed by atoms with Gasteiger partial charge in [-0.3, -0.25) is 10.1 Å². The number of nitrogens with zero attached hydrogens (tertiary/aromatic N) is 1. The summed E-state index contributed by atoms with van der Waals surface area (Å²) in [7, 11) is 0. The molecule has 8 heteroatoms. The first kappa shape index (κ1) is 12.0. The summed E-state index contributed by atoms with van der Waals surface area (Å²) in [6, 6.07) is 0.859. The van der Waals surface area contributed by atoms with Crippen molar-refractivity contribution in [3.63, 3.8) is 0 Å². The molecule has 0 amide bonds. The molecule has 0 bridgehead atoms. The van der Waals surface area contributed by atoms with Crippen molar-refractivity contribution in [2.24, 2.45) is 0 Å². The average molecular weight is 233 g/mol. The molecule has 0 aromatic heterocycles. The number of hydrogen-bond donors (Lipinski definition) is 2. The van der Waals surface area contributed by atoms with Crippen molar-refractivity contribution < 1.29 is 28.7 Å². The zero-order valence-corrected chi connectivity index (χ0v) is 7.55. The molecule has 0 aliphatic heterocycles. The van der Waals surface area contributed by atoms with E-state index in [1.807, 2.05) is 0 Å². The maximum Gasteiger partial charge on any atom is 0.337 e. The van der Waals surface area contributed by atoms with Crippen LogP contribution in [0.1, 0.15) is 11.7 Å². The number of benzene rings is 1. The number of hydrogen-bond acceptors (Lipinski definition) is 4. The number of halogens is 2. The minimum atomic E-state index is -2.14. The predicted molar refractivity (Wildman–Crippen MR) is 45.6 cm³/mol. The highest BCUT2D eigenvalue weighted by Gasteiger charge is 2.25. The van der Waals surface area contributed by atoms with Crippen LogP contribution < -0.4 is 0 Å². The number of nitro groups is 1. The van der Waals surface area contributed by atoms with Gasteiger partial charge in [0.05, 0.1) is 4.92 Å². The second kappa shape index (κ2) is 4.19. The van der Waals surface area contributed by atoms with Gasteiger partial charge in [-0.2, -0.15) is 4.39 Å². The Bertz CT molecular complexity index is 462. The maximum atomic E-state index is 12.9. The molecule has 0 spiro atoms. The molecule has 1 rings (SSSR count). The third-order valence-corrected chi connectivity index (χ3v) is 1.78.